The maximum absolute atomic E-state index is 5.93. The van der Waals surface area contributed by atoms with Gasteiger partial charge in [-0.25, -0.2) is 15.0 Å². The van der Waals surface area contributed by atoms with E-state index in [-0.39, 0.29) is 0 Å². The molecule has 0 bridgehead atoms. The third kappa shape index (κ3) is 2.38. The van der Waals surface area contributed by atoms with E-state index in [1.165, 1.54) is 12.8 Å². The Morgan fingerprint density at radius 2 is 1.86 bits per heavy atom. The molecule has 1 aliphatic carbocycles. The minimum Gasteiger partial charge on any atom is -0.384 e. The lowest BCUT2D eigenvalue weighted by molar-refractivity contribution is 0.992. The van der Waals surface area contributed by atoms with E-state index in [0.717, 1.165) is 26.8 Å². The first-order valence-corrected chi connectivity index (χ1v) is 7.70. The van der Waals surface area contributed by atoms with E-state index in [9.17, 15) is 0 Å². The largest absolute Gasteiger partial charge is 0.384 e. The van der Waals surface area contributed by atoms with E-state index in [1.807, 2.05) is 36.4 Å². The molecule has 0 atom stereocenters. The number of aromatic nitrogens is 3. The van der Waals surface area contributed by atoms with Gasteiger partial charge in [-0.2, -0.15) is 0 Å². The molecule has 1 saturated carbocycles. The quantitative estimate of drug-likeness (QED) is 0.767. The van der Waals surface area contributed by atoms with E-state index in [0.29, 0.717) is 17.6 Å². The normalized spacial score (nSPS) is 14.5. The van der Waals surface area contributed by atoms with Crippen LogP contribution in [0.3, 0.4) is 0 Å². The Kier molecular flexibility index (Phi) is 2.89. The van der Waals surface area contributed by atoms with Gasteiger partial charge in [0.05, 0.1) is 5.52 Å². The molecule has 0 amide bonds. The zero-order valence-corrected chi connectivity index (χ0v) is 12.8. The highest BCUT2D eigenvalue weighted by Crippen LogP contribution is 2.40. The highest BCUT2D eigenvalue weighted by atomic mass is 79.9. The summed E-state index contributed by atoms with van der Waals surface area (Å²) in [5, 5.41) is 1.08. The number of hydrogen-bond donors (Lipinski definition) is 1. The molecule has 3 aromatic rings. The molecule has 1 fully saturated rings. The first-order chi connectivity index (χ1) is 10.2. The van der Waals surface area contributed by atoms with Crippen molar-refractivity contribution in [3.63, 3.8) is 0 Å². The first-order valence-electron chi connectivity index (χ1n) is 6.91. The number of halogens is 1. The van der Waals surface area contributed by atoms with Crippen LogP contribution in [0, 0.1) is 0 Å². The topological polar surface area (TPSA) is 64.7 Å². The van der Waals surface area contributed by atoms with E-state index in [1.54, 1.807) is 0 Å². The number of nitrogen functional groups attached to an aromatic ring is 1. The maximum atomic E-state index is 5.93. The molecule has 0 saturated heterocycles. The number of para-hydroxylation sites is 1. The minimum absolute atomic E-state index is 0.503. The number of nitrogens with zero attached hydrogens (tertiary/aromatic N) is 3. The average molecular weight is 341 g/mol. The first kappa shape index (κ1) is 12.7. The lowest BCUT2D eigenvalue weighted by Crippen LogP contribution is -2.01. The number of anilines is 1. The van der Waals surface area contributed by atoms with Crippen molar-refractivity contribution in [2.24, 2.45) is 0 Å². The Labute approximate surface area is 130 Å². The zero-order valence-electron chi connectivity index (χ0n) is 11.3. The summed E-state index contributed by atoms with van der Waals surface area (Å²) in [7, 11) is 0. The molecule has 2 heterocycles. The van der Waals surface area contributed by atoms with Gasteiger partial charge in [0.1, 0.15) is 11.5 Å². The van der Waals surface area contributed by atoms with Crippen molar-refractivity contribution in [2.45, 2.75) is 18.8 Å². The van der Waals surface area contributed by atoms with E-state index in [2.05, 4.69) is 30.9 Å². The Bertz CT molecular complexity index is 843. The number of hydrogen-bond acceptors (Lipinski definition) is 4. The molecule has 21 heavy (non-hydrogen) atoms. The van der Waals surface area contributed by atoms with Crippen molar-refractivity contribution in [1.82, 2.24) is 15.0 Å². The molecule has 4 rings (SSSR count). The van der Waals surface area contributed by atoms with Gasteiger partial charge in [-0.1, -0.05) is 18.2 Å². The molecule has 5 heteroatoms. The molecule has 2 aromatic heterocycles. The highest BCUT2D eigenvalue weighted by Gasteiger charge is 2.26. The number of fused-ring (bicyclic) bond motifs is 1. The van der Waals surface area contributed by atoms with Crippen LogP contribution >= 0.6 is 15.9 Å². The van der Waals surface area contributed by atoms with Crippen LogP contribution in [0.25, 0.3) is 22.4 Å². The molecule has 0 aliphatic heterocycles. The Balaban J connectivity index is 1.91. The third-order valence-electron chi connectivity index (χ3n) is 3.65. The van der Waals surface area contributed by atoms with Gasteiger partial charge in [-0.05, 0) is 40.9 Å². The van der Waals surface area contributed by atoms with Crippen LogP contribution in [0.15, 0.2) is 40.9 Å². The predicted molar refractivity (Wildman–Crippen MR) is 86.9 cm³/mol. The molecule has 4 nitrogen and oxygen atoms in total. The van der Waals surface area contributed by atoms with Crippen molar-refractivity contribution in [1.29, 1.82) is 0 Å². The second-order valence-electron chi connectivity index (χ2n) is 5.33. The van der Waals surface area contributed by atoms with Gasteiger partial charge in [0.15, 0.2) is 5.82 Å². The monoisotopic (exact) mass is 340 g/mol. The summed E-state index contributed by atoms with van der Waals surface area (Å²) >= 11 is 3.57. The predicted octanol–water partition coefficient (Wildman–Crippen LogP) is 3.91. The molecular formula is C16H13BrN4. The van der Waals surface area contributed by atoms with Crippen molar-refractivity contribution < 1.29 is 0 Å². The minimum atomic E-state index is 0.503. The lowest BCUT2D eigenvalue weighted by atomic mass is 10.2. The maximum Gasteiger partial charge on any atom is 0.181 e. The van der Waals surface area contributed by atoms with Crippen LogP contribution in [-0.4, -0.2) is 15.0 Å². The number of nitrogens with two attached hydrogens (primary N) is 1. The summed E-state index contributed by atoms with van der Waals surface area (Å²) in [6.45, 7) is 0. The molecule has 0 unspecified atom stereocenters. The van der Waals surface area contributed by atoms with Gasteiger partial charge in [-0.3, -0.25) is 0 Å². The fourth-order valence-electron chi connectivity index (χ4n) is 2.43. The van der Waals surface area contributed by atoms with Crippen LogP contribution < -0.4 is 5.73 Å². The summed E-state index contributed by atoms with van der Waals surface area (Å²) in [6.07, 6.45) is 2.37. The average Bonchev–Trinajstić information content (AvgIpc) is 3.30. The SMILES string of the molecule is Nc1cc(C2CC2)nc(-c2nc3ccccc3cc2Br)n1. The van der Waals surface area contributed by atoms with Crippen molar-refractivity contribution in [3.05, 3.63) is 46.6 Å². The summed E-state index contributed by atoms with van der Waals surface area (Å²) in [5.41, 5.74) is 8.62. The fraction of sp³-hybridized carbons (Fsp3) is 0.188. The Morgan fingerprint density at radius 3 is 2.67 bits per heavy atom. The van der Waals surface area contributed by atoms with Gasteiger partial charge in [-0.15, -0.1) is 0 Å². The fourth-order valence-corrected chi connectivity index (χ4v) is 2.94. The van der Waals surface area contributed by atoms with Crippen LogP contribution in [0.5, 0.6) is 0 Å². The molecule has 0 spiro atoms. The second kappa shape index (κ2) is 4.77. The Morgan fingerprint density at radius 1 is 1.05 bits per heavy atom. The van der Waals surface area contributed by atoms with Gasteiger partial charge < -0.3 is 5.73 Å². The number of benzene rings is 1. The standard InChI is InChI=1S/C16H13BrN4/c17-11-7-10-3-1-2-4-12(10)19-15(11)16-20-13(9-5-6-9)8-14(18)21-16/h1-4,7-9H,5-6H2,(H2,18,20,21). The summed E-state index contributed by atoms with van der Waals surface area (Å²) in [6, 6.07) is 11.9. The molecule has 1 aromatic carbocycles. The number of rotatable bonds is 2. The van der Waals surface area contributed by atoms with Crippen molar-refractivity contribution in [2.75, 3.05) is 5.73 Å². The van der Waals surface area contributed by atoms with Crippen LogP contribution in [0.4, 0.5) is 5.82 Å². The molecule has 104 valence electrons. The third-order valence-corrected chi connectivity index (χ3v) is 4.26. The van der Waals surface area contributed by atoms with E-state index < -0.39 is 0 Å². The van der Waals surface area contributed by atoms with Crippen LogP contribution in [-0.2, 0) is 0 Å². The smallest absolute Gasteiger partial charge is 0.181 e. The summed E-state index contributed by atoms with van der Waals surface area (Å²) in [4.78, 5) is 13.7. The summed E-state index contributed by atoms with van der Waals surface area (Å²) in [5.74, 6) is 1.63. The molecule has 1 aliphatic rings. The van der Waals surface area contributed by atoms with Crippen molar-refractivity contribution in [3.8, 4) is 11.5 Å². The zero-order chi connectivity index (χ0) is 14.4. The van der Waals surface area contributed by atoms with Gasteiger partial charge in [0, 0.05) is 27.5 Å². The van der Waals surface area contributed by atoms with Crippen LogP contribution in [0.2, 0.25) is 0 Å². The second-order valence-corrected chi connectivity index (χ2v) is 6.18. The lowest BCUT2D eigenvalue weighted by Gasteiger charge is -2.07. The molecular weight excluding hydrogens is 328 g/mol. The van der Waals surface area contributed by atoms with Crippen molar-refractivity contribution >= 4 is 32.7 Å². The van der Waals surface area contributed by atoms with E-state index in [4.69, 9.17) is 5.73 Å². The highest BCUT2D eigenvalue weighted by molar-refractivity contribution is 9.10. The molecule has 0 radical (unpaired) electrons. The van der Waals surface area contributed by atoms with Gasteiger partial charge >= 0.3 is 0 Å². The number of pyridine rings is 1. The molecule has 2 N–H and O–H groups in total. The summed E-state index contributed by atoms with van der Waals surface area (Å²) < 4.78 is 0.883. The van der Waals surface area contributed by atoms with Crippen LogP contribution in [0.1, 0.15) is 24.5 Å². The van der Waals surface area contributed by atoms with Gasteiger partial charge in [0.2, 0.25) is 0 Å². The van der Waals surface area contributed by atoms with E-state index >= 15 is 0 Å². The van der Waals surface area contributed by atoms with Gasteiger partial charge in [0.25, 0.3) is 0 Å². The Hall–Kier alpha value is -2.01.